The molecule has 2 aromatic carbocycles. The van der Waals surface area contributed by atoms with Crippen LogP contribution >= 0.6 is 23.2 Å². The average Bonchev–Trinajstić information content (AvgIpc) is 2.65. The van der Waals surface area contributed by atoms with Crippen molar-refractivity contribution in [1.82, 2.24) is 0 Å². The molecule has 0 aromatic heterocycles. The molecule has 0 N–H and O–H groups in total. The molecule has 0 spiro atoms. The fourth-order valence-corrected chi connectivity index (χ4v) is 5.35. The van der Waals surface area contributed by atoms with Crippen molar-refractivity contribution in [2.45, 2.75) is 44.4 Å². The molecule has 0 saturated heterocycles. The lowest BCUT2D eigenvalue weighted by Crippen LogP contribution is -2.22. The number of ketones is 1. The van der Waals surface area contributed by atoms with Gasteiger partial charge in [0, 0.05) is 28.5 Å². The Morgan fingerprint density at radius 2 is 1.56 bits per heavy atom. The predicted molar refractivity (Wildman–Crippen MR) is 112 cm³/mol. The summed E-state index contributed by atoms with van der Waals surface area (Å²) >= 11 is 12.1. The zero-order valence-electron chi connectivity index (χ0n) is 15.5. The first kappa shape index (κ1) is 21.9. The average molecular weight is 427 g/mol. The molecule has 0 unspecified atom stereocenters. The SMILES string of the molecule is CC.O=C1CCC(CS(=O)(=O)c2ccc(-c3ccc(Cl)cc3Cl)cc2)CC1. The van der Waals surface area contributed by atoms with Crippen LogP contribution in [-0.2, 0) is 14.6 Å². The van der Waals surface area contributed by atoms with Gasteiger partial charge < -0.3 is 0 Å². The Hall–Kier alpha value is -1.36. The van der Waals surface area contributed by atoms with E-state index in [2.05, 4.69) is 0 Å². The number of benzene rings is 2. The van der Waals surface area contributed by atoms with Gasteiger partial charge in [-0.3, -0.25) is 4.79 Å². The highest BCUT2D eigenvalue weighted by molar-refractivity contribution is 7.91. The summed E-state index contributed by atoms with van der Waals surface area (Å²) in [6.07, 6.45) is 2.31. The highest BCUT2D eigenvalue weighted by Gasteiger charge is 2.25. The molecule has 1 saturated carbocycles. The van der Waals surface area contributed by atoms with Crippen molar-refractivity contribution in [1.29, 1.82) is 0 Å². The Balaban J connectivity index is 0.00000126. The van der Waals surface area contributed by atoms with Gasteiger partial charge in [-0.15, -0.1) is 0 Å². The van der Waals surface area contributed by atoms with Crippen molar-refractivity contribution >= 4 is 38.8 Å². The molecule has 1 fully saturated rings. The van der Waals surface area contributed by atoms with E-state index >= 15 is 0 Å². The van der Waals surface area contributed by atoms with E-state index < -0.39 is 9.84 Å². The summed E-state index contributed by atoms with van der Waals surface area (Å²) in [7, 11) is -3.36. The summed E-state index contributed by atoms with van der Waals surface area (Å²) in [5, 5.41) is 1.08. The molecule has 1 aliphatic rings. The lowest BCUT2D eigenvalue weighted by Gasteiger charge is -2.20. The topological polar surface area (TPSA) is 51.2 Å². The summed E-state index contributed by atoms with van der Waals surface area (Å²) < 4.78 is 25.2. The van der Waals surface area contributed by atoms with E-state index in [1.165, 1.54) is 0 Å². The van der Waals surface area contributed by atoms with Crippen LogP contribution in [0.25, 0.3) is 11.1 Å². The first-order valence-electron chi connectivity index (χ1n) is 9.15. The van der Waals surface area contributed by atoms with Crippen molar-refractivity contribution in [2.75, 3.05) is 5.75 Å². The second-order valence-electron chi connectivity index (χ2n) is 6.41. The second kappa shape index (κ2) is 9.72. The van der Waals surface area contributed by atoms with E-state index in [9.17, 15) is 13.2 Å². The van der Waals surface area contributed by atoms with Crippen LogP contribution in [0.3, 0.4) is 0 Å². The minimum Gasteiger partial charge on any atom is -0.300 e. The summed E-state index contributed by atoms with van der Waals surface area (Å²) in [6.45, 7) is 4.00. The van der Waals surface area contributed by atoms with Crippen LogP contribution in [0.5, 0.6) is 0 Å². The highest BCUT2D eigenvalue weighted by atomic mass is 35.5. The van der Waals surface area contributed by atoms with Crippen molar-refractivity contribution in [3.05, 3.63) is 52.5 Å². The molecule has 1 aliphatic carbocycles. The zero-order valence-corrected chi connectivity index (χ0v) is 17.9. The Bertz CT molecular complexity index is 880. The first-order chi connectivity index (χ1) is 12.8. The van der Waals surface area contributed by atoms with E-state index in [0.717, 1.165) is 11.1 Å². The van der Waals surface area contributed by atoms with Crippen LogP contribution < -0.4 is 0 Å². The maximum atomic E-state index is 12.6. The predicted octanol–water partition coefficient (Wildman–Crippen LogP) is 6.22. The molecule has 6 heteroatoms. The monoisotopic (exact) mass is 426 g/mol. The van der Waals surface area contributed by atoms with Gasteiger partial charge in [-0.25, -0.2) is 8.42 Å². The Morgan fingerprint density at radius 1 is 0.963 bits per heavy atom. The molecule has 27 heavy (non-hydrogen) atoms. The summed E-state index contributed by atoms with van der Waals surface area (Å²) in [6, 6.07) is 12.0. The van der Waals surface area contributed by atoms with Gasteiger partial charge in [0.15, 0.2) is 9.84 Å². The van der Waals surface area contributed by atoms with Gasteiger partial charge >= 0.3 is 0 Å². The number of halogens is 2. The Morgan fingerprint density at radius 3 is 2.11 bits per heavy atom. The van der Waals surface area contributed by atoms with Crippen LogP contribution in [0.15, 0.2) is 47.4 Å². The number of carbonyl (C=O) groups excluding carboxylic acids is 1. The number of rotatable bonds is 4. The van der Waals surface area contributed by atoms with Crippen molar-refractivity contribution in [3.63, 3.8) is 0 Å². The molecule has 3 rings (SSSR count). The molecule has 0 atom stereocenters. The molecular weight excluding hydrogens is 403 g/mol. The van der Waals surface area contributed by atoms with Gasteiger partial charge in [-0.2, -0.15) is 0 Å². The van der Waals surface area contributed by atoms with E-state index in [1.807, 2.05) is 19.9 Å². The highest BCUT2D eigenvalue weighted by Crippen LogP contribution is 2.31. The molecule has 0 radical (unpaired) electrons. The largest absolute Gasteiger partial charge is 0.300 e. The van der Waals surface area contributed by atoms with Crippen molar-refractivity contribution in [3.8, 4) is 11.1 Å². The van der Waals surface area contributed by atoms with Gasteiger partial charge in [-0.05, 0) is 48.6 Å². The molecule has 0 amide bonds. The number of hydrogen-bond donors (Lipinski definition) is 0. The van der Waals surface area contributed by atoms with E-state index in [0.29, 0.717) is 40.6 Å². The third-order valence-electron chi connectivity index (χ3n) is 4.57. The second-order valence-corrected chi connectivity index (χ2v) is 9.29. The van der Waals surface area contributed by atoms with Gasteiger partial charge in [0.25, 0.3) is 0 Å². The van der Waals surface area contributed by atoms with Crippen LogP contribution in [0.4, 0.5) is 0 Å². The summed E-state index contributed by atoms with van der Waals surface area (Å²) in [5.74, 6) is 0.396. The van der Waals surface area contributed by atoms with Gasteiger partial charge in [0.1, 0.15) is 5.78 Å². The first-order valence-corrected chi connectivity index (χ1v) is 11.6. The third-order valence-corrected chi connectivity index (χ3v) is 7.02. The van der Waals surface area contributed by atoms with E-state index in [1.54, 1.807) is 36.4 Å². The smallest absolute Gasteiger partial charge is 0.178 e. The lowest BCUT2D eigenvalue weighted by molar-refractivity contribution is -0.120. The Labute approximate surface area is 171 Å². The number of carbonyl (C=O) groups is 1. The lowest BCUT2D eigenvalue weighted by atomic mass is 9.90. The zero-order chi connectivity index (χ0) is 20.0. The normalized spacial score (nSPS) is 15.2. The number of hydrogen-bond acceptors (Lipinski definition) is 3. The van der Waals surface area contributed by atoms with Crippen LogP contribution in [0.1, 0.15) is 39.5 Å². The fraction of sp³-hybridized carbons (Fsp3) is 0.381. The van der Waals surface area contributed by atoms with Gasteiger partial charge in [0.05, 0.1) is 10.6 Å². The molecular formula is C21H24Cl2O3S. The molecule has 146 valence electrons. The maximum Gasteiger partial charge on any atom is 0.178 e. The Kier molecular flexibility index (Phi) is 7.90. The molecule has 3 nitrogen and oxygen atoms in total. The summed E-state index contributed by atoms with van der Waals surface area (Å²) in [4.78, 5) is 11.6. The van der Waals surface area contributed by atoms with Crippen molar-refractivity contribution in [2.24, 2.45) is 5.92 Å². The number of Topliss-reactive ketones (excluding diaryl/α,β-unsaturated/α-hetero) is 1. The van der Waals surface area contributed by atoms with Crippen LogP contribution in [-0.4, -0.2) is 20.0 Å². The summed E-state index contributed by atoms with van der Waals surface area (Å²) in [5.41, 5.74) is 1.64. The maximum absolute atomic E-state index is 12.6. The quantitative estimate of drug-likeness (QED) is 0.582. The number of sulfone groups is 1. The van der Waals surface area contributed by atoms with Crippen LogP contribution in [0, 0.1) is 5.92 Å². The molecule has 2 aromatic rings. The standard InChI is InChI=1S/C19H18Cl2O3S.C2H6/c20-15-5-10-18(19(21)11-15)14-3-8-17(9-4-14)25(23,24)12-13-1-6-16(22)7-2-13;1-2/h3-5,8-11,13H,1-2,6-7,12H2;1-2H3. The van der Waals surface area contributed by atoms with Crippen molar-refractivity contribution < 1.29 is 13.2 Å². The van der Waals surface area contributed by atoms with Crippen LogP contribution in [0.2, 0.25) is 10.0 Å². The third kappa shape index (κ3) is 5.81. The van der Waals surface area contributed by atoms with Gasteiger partial charge in [-0.1, -0.05) is 55.2 Å². The fourth-order valence-electron chi connectivity index (χ4n) is 3.14. The van der Waals surface area contributed by atoms with E-state index in [4.69, 9.17) is 23.2 Å². The minimum atomic E-state index is -3.36. The molecule has 0 bridgehead atoms. The minimum absolute atomic E-state index is 0.0630. The molecule has 0 aliphatic heterocycles. The van der Waals surface area contributed by atoms with E-state index in [-0.39, 0.29) is 17.5 Å². The molecule has 0 heterocycles. The van der Waals surface area contributed by atoms with Gasteiger partial charge in [0.2, 0.25) is 0 Å².